The van der Waals surface area contributed by atoms with E-state index in [1.807, 2.05) is 6.07 Å². The normalized spacial score (nSPS) is 11.2. The number of aromatic amines is 1. The van der Waals surface area contributed by atoms with Gasteiger partial charge >= 0.3 is 0 Å². The molecule has 1 amide bonds. The molecule has 3 rings (SSSR count). The van der Waals surface area contributed by atoms with Crippen LogP contribution in [0.5, 0.6) is 0 Å². The standard InChI is InChI=1S/C18H15FN6O/c1-25(2)18(26)12(9-20)7-11-8-13(3-4-15(11)19)24-17-14-5-6-21-16(14)22-10-23-17/h3-8,10H,1-2H3,(H2,21,22,23,24)/b12-7+. The molecule has 0 aliphatic heterocycles. The Balaban J connectivity index is 1.97. The smallest absolute Gasteiger partial charge is 0.264 e. The minimum Gasteiger partial charge on any atom is -0.346 e. The van der Waals surface area contributed by atoms with Crippen molar-refractivity contribution in [1.29, 1.82) is 5.26 Å². The first-order chi connectivity index (χ1) is 12.5. The molecule has 2 N–H and O–H groups in total. The summed E-state index contributed by atoms with van der Waals surface area (Å²) in [4.78, 5) is 24.5. The Morgan fingerprint density at radius 2 is 2.15 bits per heavy atom. The Kier molecular flexibility index (Phi) is 4.62. The minimum absolute atomic E-state index is 0.126. The van der Waals surface area contributed by atoms with Gasteiger partial charge in [-0.05, 0) is 30.3 Å². The van der Waals surface area contributed by atoms with Crippen LogP contribution in [0.2, 0.25) is 0 Å². The summed E-state index contributed by atoms with van der Waals surface area (Å²) >= 11 is 0. The summed E-state index contributed by atoms with van der Waals surface area (Å²) in [6.07, 6.45) is 4.39. The number of carbonyl (C=O) groups excluding carboxylic acids is 1. The van der Waals surface area contributed by atoms with Gasteiger partial charge in [0.05, 0.1) is 5.39 Å². The van der Waals surface area contributed by atoms with Crippen molar-refractivity contribution in [1.82, 2.24) is 19.9 Å². The van der Waals surface area contributed by atoms with Crippen LogP contribution in [-0.2, 0) is 4.79 Å². The molecule has 0 aliphatic carbocycles. The molecule has 1 aromatic carbocycles. The highest BCUT2D eigenvalue weighted by Gasteiger charge is 2.13. The summed E-state index contributed by atoms with van der Waals surface area (Å²) in [5.41, 5.74) is 1.21. The van der Waals surface area contributed by atoms with Gasteiger partial charge in [-0.3, -0.25) is 4.79 Å². The largest absolute Gasteiger partial charge is 0.346 e. The van der Waals surface area contributed by atoms with Crippen molar-refractivity contribution in [2.45, 2.75) is 0 Å². The molecule has 0 bridgehead atoms. The topological polar surface area (TPSA) is 97.7 Å². The molecule has 0 aliphatic rings. The van der Waals surface area contributed by atoms with Gasteiger partial charge < -0.3 is 15.2 Å². The fraction of sp³-hybridized carbons (Fsp3) is 0.111. The van der Waals surface area contributed by atoms with Gasteiger partial charge in [-0.1, -0.05) is 0 Å². The Labute approximate surface area is 148 Å². The molecule has 0 fully saturated rings. The van der Waals surface area contributed by atoms with Gasteiger partial charge in [0.15, 0.2) is 0 Å². The van der Waals surface area contributed by atoms with E-state index in [1.54, 1.807) is 18.3 Å². The summed E-state index contributed by atoms with van der Waals surface area (Å²) in [6.45, 7) is 0. The quantitative estimate of drug-likeness (QED) is 0.557. The molecule has 0 unspecified atom stereocenters. The number of carbonyl (C=O) groups is 1. The molecule has 8 heteroatoms. The Morgan fingerprint density at radius 1 is 1.35 bits per heavy atom. The van der Waals surface area contributed by atoms with Crippen LogP contribution in [0.1, 0.15) is 5.56 Å². The Hall–Kier alpha value is -3.73. The number of nitrogens with one attached hydrogen (secondary N) is 2. The average Bonchev–Trinajstić information content (AvgIpc) is 3.11. The molecule has 26 heavy (non-hydrogen) atoms. The van der Waals surface area contributed by atoms with Gasteiger partial charge in [0.25, 0.3) is 5.91 Å². The highest BCUT2D eigenvalue weighted by atomic mass is 19.1. The molecular formula is C18H15FN6O. The van der Waals surface area contributed by atoms with Crippen LogP contribution < -0.4 is 5.32 Å². The zero-order chi connectivity index (χ0) is 18.7. The number of aromatic nitrogens is 3. The van der Waals surface area contributed by atoms with E-state index >= 15 is 0 Å². The molecule has 0 spiro atoms. The molecule has 2 aromatic heterocycles. The molecule has 0 atom stereocenters. The lowest BCUT2D eigenvalue weighted by Crippen LogP contribution is -2.22. The van der Waals surface area contributed by atoms with E-state index in [-0.39, 0.29) is 11.1 Å². The molecule has 7 nitrogen and oxygen atoms in total. The average molecular weight is 350 g/mol. The first-order valence-corrected chi connectivity index (χ1v) is 7.67. The lowest BCUT2D eigenvalue weighted by atomic mass is 10.1. The van der Waals surface area contributed by atoms with E-state index in [4.69, 9.17) is 0 Å². The third kappa shape index (κ3) is 3.37. The fourth-order valence-electron chi connectivity index (χ4n) is 2.38. The van der Waals surface area contributed by atoms with Crippen LogP contribution in [-0.4, -0.2) is 39.9 Å². The fourth-order valence-corrected chi connectivity index (χ4v) is 2.38. The van der Waals surface area contributed by atoms with Crippen LogP contribution in [0.3, 0.4) is 0 Å². The van der Waals surface area contributed by atoms with Crippen LogP contribution in [0.4, 0.5) is 15.9 Å². The predicted octanol–water partition coefficient (Wildman–Crippen LogP) is 2.84. The van der Waals surface area contributed by atoms with E-state index in [2.05, 4.69) is 20.3 Å². The number of hydrogen-bond donors (Lipinski definition) is 2. The van der Waals surface area contributed by atoms with Crippen molar-refractivity contribution in [3.05, 3.63) is 53.7 Å². The number of fused-ring (bicyclic) bond motifs is 1. The van der Waals surface area contributed by atoms with Crippen LogP contribution in [0.25, 0.3) is 17.1 Å². The number of benzene rings is 1. The van der Waals surface area contributed by atoms with Crippen LogP contribution >= 0.6 is 0 Å². The lowest BCUT2D eigenvalue weighted by molar-refractivity contribution is -0.124. The molecule has 0 saturated heterocycles. The van der Waals surface area contributed by atoms with Crippen molar-refractivity contribution in [2.75, 3.05) is 19.4 Å². The van der Waals surface area contributed by atoms with Crippen molar-refractivity contribution in [2.24, 2.45) is 0 Å². The van der Waals surface area contributed by atoms with Crippen LogP contribution in [0, 0.1) is 17.1 Å². The molecular weight excluding hydrogens is 335 g/mol. The van der Waals surface area contributed by atoms with E-state index in [9.17, 15) is 14.4 Å². The second kappa shape index (κ2) is 7.03. The third-order valence-electron chi connectivity index (χ3n) is 3.67. The van der Waals surface area contributed by atoms with E-state index in [0.717, 1.165) is 5.39 Å². The van der Waals surface area contributed by atoms with E-state index in [1.165, 1.54) is 43.5 Å². The zero-order valence-electron chi connectivity index (χ0n) is 14.1. The molecule has 3 aromatic rings. The highest BCUT2D eigenvalue weighted by Crippen LogP contribution is 2.24. The Bertz CT molecular complexity index is 1050. The number of nitrogens with zero attached hydrogens (tertiary/aromatic N) is 4. The predicted molar refractivity (Wildman–Crippen MR) is 95.9 cm³/mol. The van der Waals surface area contributed by atoms with Crippen molar-refractivity contribution < 1.29 is 9.18 Å². The maximum atomic E-state index is 14.1. The number of amides is 1. The number of nitriles is 1. The second-order valence-electron chi connectivity index (χ2n) is 5.69. The SMILES string of the molecule is CN(C)C(=O)/C(C#N)=C/c1cc(Nc2ncnc3[nH]ccc23)ccc1F. The van der Waals surface area contributed by atoms with Crippen molar-refractivity contribution >= 4 is 34.5 Å². The maximum Gasteiger partial charge on any atom is 0.264 e. The van der Waals surface area contributed by atoms with Gasteiger partial charge in [0, 0.05) is 31.5 Å². The molecule has 0 saturated carbocycles. The first-order valence-electron chi connectivity index (χ1n) is 7.67. The van der Waals surface area contributed by atoms with Crippen molar-refractivity contribution in [3.8, 4) is 6.07 Å². The molecule has 2 heterocycles. The van der Waals surface area contributed by atoms with Gasteiger partial charge in [0.2, 0.25) is 0 Å². The summed E-state index contributed by atoms with van der Waals surface area (Å²) in [7, 11) is 3.05. The number of likely N-dealkylation sites (N-methyl/N-ethyl adjacent to an activating group) is 1. The lowest BCUT2D eigenvalue weighted by Gasteiger charge is -2.10. The summed E-state index contributed by atoms with van der Waals surface area (Å²) in [5, 5.41) is 13.1. The molecule has 130 valence electrons. The van der Waals surface area contributed by atoms with Crippen molar-refractivity contribution in [3.63, 3.8) is 0 Å². The van der Waals surface area contributed by atoms with Gasteiger partial charge in [-0.2, -0.15) is 5.26 Å². The zero-order valence-corrected chi connectivity index (χ0v) is 14.1. The summed E-state index contributed by atoms with van der Waals surface area (Å²) in [6, 6.07) is 7.95. The summed E-state index contributed by atoms with van der Waals surface area (Å²) < 4.78 is 14.1. The minimum atomic E-state index is -0.538. The molecule has 0 radical (unpaired) electrons. The highest BCUT2D eigenvalue weighted by molar-refractivity contribution is 6.01. The van der Waals surface area contributed by atoms with Gasteiger partial charge in [0.1, 0.15) is 35.3 Å². The second-order valence-corrected chi connectivity index (χ2v) is 5.69. The van der Waals surface area contributed by atoms with E-state index < -0.39 is 11.7 Å². The van der Waals surface area contributed by atoms with Gasteiger partial charge in [-0.15, -0.1) is 0 Å². The maximum absolute atomic E-state index is 14.1. The van der Waals surface area contributed by atoms with E-state index in [0.29, 0.717) is 17.2 Å². The Morgan fingerprint density at radius 3 is 2.88 bits per heavy atom. The first kappa shape index (κ1) is 17.1. The third-order valence-corrected chi connectivity index (χ3v) is 3.67. The number of halogens is 1. The number of anilines is 2. The van der Waals surface area contributed by atoms with Crippen LogP contribution in [0.15, 0.2) is 42.4 Å². The number of H-pyrrole nitrogens is 1. The number of rotatable bonds is 4. The van der Waals surface area contributed by atoms with Gasteiger partial charge in [-0.25, -0.2) is 14.4 Å². The number of hydrogen-bond acceptors (Lipinski definition) is 5. The monoisotopic (exact) mass is 350 g/mol. The summed E-state index contributed by atoms with van der Waals surface area (Å²) in [5.74, 6) is -0.470.